The summed E-state index contributed by atoms with van der Waals surface area (Å²) in [4.78, 5) is 2.77. The maximum Gasteiger partial charge on any atom is 0.0339 e. The third-order valence-corrected chi connectivity index (χ3v) is 4.38. The summed E-state index contributed by atoms with van der Waals surface area (Å²) in [7, 11) is 0. The average molecular weight is 224 g/mol. The lowest BCUT2D eigenvalue weighted by molar-refractivity contribution is -0.0214. The molecule has 2 heteroatoms. The third kappa shape index (κ3) is 2.43. The molecule has 2 N–H and O–H groups in total. The molecule has 0 heterocycles. The molecule has 0 aromatic heterocycles. The Balaban J connectivity index is 1.95. The summed E-state index contributed by atoms with van der Waals surface area (Å²) < 4.78 is 0. The molecular formula is C14H28N2. The van der Waals surface area contributed by atoms with Crippen molar-refractivity contribution >= 4 is 0 Å². The van der Waals surface area contributed by atoms with Crippen LogP contribution < -0.4 is 5.73 Å². The molecule has 0 amide bonds. The fourth-order valence-corrected chi connectivity index (χ4v) is 3.35. The Morgan fingerprint density at radius 2 is 1.94 bits per heavy atom. The molecule has 0 bridgehead atoms. The van der Waals surface area contributed by atoms with Crippen LogP contribution >= 0.6 is 0 Å². The van der Waals surface area contributed by atoms with Crippen molar-refractivity contribution < 1.29 is 0 Å². The van der Waals surface area contributed by atoms with Crippen molar-refractivity contribution in [3.05, 3.63) is 0 Å². The summed E-state index contributed by atoms with van der Waals surface area (Å²) in [6.07, 6.45) is 6.81. The summed E-state index contributed by atoms with van der Waals surface area (Å²) in [6.45, 7) is 9.15. The molecule has 0 aromatic carbocycles. The minimum atomic E-state index is 0.384. The van der Waals surface area contributed by atoms with Crippen LogP contribution in [0.5, 0.6) is 0 Å². The van der Waals surface area contributed by atoms with Crippen molar-refractivity contribution in [1.29, 1.82) is 0 Å². The van der Waals surface area contributed by atoms with Crippen LogP contribution in [-0.2, 0) is 0 Å². The standard InChI is InChI=1S/C14H28N2/c1-11(2)6-7-16(13-4-5-13)14(10-15)8-12(3)9-14/h11-13H,4-10,15H2,1-3H3. The maximum absolute atomic E-state index is 6.06. The predicted octanol–water partition coefficient (Wildman–Crippen LogP) is 2.62. The van der Waals surface area contributed by atoms with Crippen LogP contribution in [0.4, 0.5) is 0 Å². The molecule has 0 aliphatic heterocycles. The van der Waals surface area contributed by atoms with Gasteiger partial charge >= 0.3 is 0 Å². The molecule has 2 rings (SSSR count). The van der Waals surface area contributed by atoms with Crippen molar-refractivity contribution in [1.82, 2.24) is 4.90 Å². The Morgan fingerprint density at radius 3 is 2.31 bits per heavy atom. The molecule has 2 saturated carbocycles. The van der Waals surface area contributed by atoms with Crippen LogP contribution in [0.3, 0.4) is 0 Å². The zero-order valence-electron chi connectivity index (χ0n) is 11.2. The lowest BCUT2D eigenvalue weighted by atomic mass is 9.67. The summed E-state index contributed by atoms with van der Waals surface area (Å²) in [5, 5.41) is 0. The van der Waals surface area contributed by atoms with E-state index >= 15 is 0 Å². The van der Waals surface area contributed by atoms with Crippen LogP contribution in [0.2, 0.25) is 0 Å². The first-order chi connectivity index (χ1) is 7.57. The maximum atomic E-state index is 6.06. The highest BCUT2D eigenvalue weighted by atomic mass is 15.3. The van der Waals surface area contributed by atoms with Gasteiger partial charge < -0.3 is 5.73 Å². The Bertz CT molecular complexity index is 227. The van der Waals surface area contributed by atoms with E-state index in [0.29, 0.717) is 5.54 Å². The normalized spacial score (nSPS) is 34.5. The quantitative estimate of drug-likeness (QED) is 0.751. The minimum Gasteiger partial charge on any atom is -0.329 e. The topological polar surface area (TPSA) is 29.3 Å². The minimum absolute atomic E-state index is 0.384. The summed E-state index contributed by atoms with van der Waals surface area (Å²) in [6, 6.07) is 0.870. The first kappa shape index (κ1) is 12.4. The van der Waals surface area contributed by atoms with Gasteiger partial charge in [-0.2, -0.15) is 0 Å². The smallest absolute Gasteiger partial charge is 0.0339 e. The molecule has 0 saturated heterocycles. The second-order valence-corrected chi connectivity index (χ2v) is 6.55. The van der Waals surface area contributed by atoms with Gasteiger partial charge in [0.25, 0.3) is 0 Å². The van der Waals surface area contributed by atoms with E-state index in [1.54, 1.807) is 0 Å². The highest BCUT2D eigenvalue weighted by molar-refractivity contribution is 5.06. The highest BCUT2D eigenvalue weighted by Crippen LogP contribution is 2.46. The van der Waals surface area contributed by atoms with Crippen LogP contribution in [-0.4, -0.2) is 29.6 Å². The molecule has 94 valence electrons. The van der Waals surface area contributed by atoms with E-state index in [4.69, 9.17) is 5.73 Å². The lowest BCUT2D eigenvalue weighted by Crippen LogP contribution is -2.62. The van der Waals surface area contributed by atoms with Crippen LogP contribution in [0.25, 0.3) is 0 Å². The first-order valence-corrected chi connectivity index (χ1v) is 7.04. The average Bonchev–Trinajstić information content (AvgIpc) is 2.97. The highest BCUT2D eigenvalue weighted by Gasteiger charge is 2.49. The van der Waals surface area contributed by atoms with Crippen molar-refractivity contribution in [3.63, 3.8) is 0 Å². The predicted molar refractivity (Wildman–Crippen MR) is 69.4 cm³/mol. The van der Waals surface area contributed by atoms with Gasteiger partial charge in [-0.05, 0) is 50.5 Å². The van der Waals surface area contributed by atoms with E-state index in [0.717, 1.165) is 24.4 Å². The molecule has 16 heavy (non-hydrogen) atoms. The number of hydrogen-bond donors (Lipinski definition) is 1. The van der Waals surface area contributed by atoms with Gasteiger partial charge in [0.05, 0.1) is 0 Å². The number of nitrogens with two attached hydrogens (primary N) is 1. The van der Waals surface area contributed by atoms with Crippen LogP contribution in [0.1, 0.15) is 52.9 Å². The molecule has 2 nitrogen and oxygen atoms in total. The van der Waals surface area contributed by atoms with E-state index in [9.17, 15) is 0 Å². The Hall–Kier alpha value is -0.0800. The molecule has 0 unspecified atom stereocenters. The van der Waals surface area contributed by atoms with E-state index < -0.39 is 0 Å². The van der Waals surface area contributed by atoms with E-state index in [1.165, 1.54) is 38.6 Å². The zero-order valence-corrected chi connectivity index (χ0v) is 11.2. The largest absolute Gasteiger partial charge is 0.329 e. The third-order valence-electron chi connectivity index (χ3n) is 4.38. The molecule has 2 fully saturated rings. The second kappa shape index (κ2) is 4.66. The van der Waals surface area contributed by atoms with E-state index in [2.05, 4.69) is 25.7 Å². The van der Waals surface area contributed by atoms with Gasteiger partial charge in [-0.25, -0.2) is 0 Å². The van der Waals surface area contributed by atoms with E-state index in [1.807, 2.05) is 0 Å². The molecular weight excluding hydrogens is 196 g/mol. The van der Waals surface area contributed by atoms with Gasteiger partial charge in [-0.15, -0.1) is 0 Å². The van der Waals surface area contributed by atoms with Crippen molar-refractivity contribution in [2.24, 2.45) is 17.6 Å². The summed E-state index contributed by atoms with van der Waals surface area (Å²) in [5.41, 5.74) is 6.45. The van der Waals surface area contributed by atoms with Gasteiger partial charge in [-0.3, -0.25) is 4.90 Å². The number of hydrogen-bond acceptors (Lipinski definition) is 2. The van der Waals surface area contributed by atoms with Gasteiger partial charge in [-0.1, -0.05) is 20.8 Å². The lowest BCUT2D eigenvalue weighted by Gasteiger charge is -2.54. The number of nitrogens with zero attached hydrogens (tertiary/aromatic N) is 1. The fourth-order valence-electron chi connectivity index (χ4n) is 3.35. The van der Waals surface area contributed by atoms with Crippen molar-refractivity contribution in [2.45, 2.75) is 64.5 Å². The summed E-state index contributed by atoms with van der Waals surface area (Å²) >= 11 is 0. The first-order valence-electron chi connectivity index (χ1n) is 7.04. The molecule has 0 radical (unpaired) electrons. The van der Waals surface area contributed by atoms with Crippen molar-refractivity contribution in [3.8, 4) is 0 Å². The van der Waals surface area contributed by atoms with Crippen molar-refractivity contribution in [2.75, 3.05) is 13.1 Å². The molecule has 0 aromatic rings. The van der Waals surface area contributed by atoms with Gasteiger partial charge in [0.1, 0.15) is 0 Å². The summed E-state index contributed by atoms with van der Waals surface area (Å²) in [5.74, 6) is 1.71. The SMILES string of the molecule is CC(C)CCN(C1CC1)C1(CN)CC(C)C1. The fraction of sp³-hybridized carbons (Fsp3) is 1.00. The number of rotatable bonds is 6. The molecule has 2 aliphatic rings. The second-order valence-electron chi connectivity index (χ2n) is 6.55. The van der Waals surface area contributed by atoms with Gasteiger partial charge in [0.15, 0.2) is 0 Å². The zero-order chi connectivity index (χ0) is 11.8. The van der Waals surface area contributed by atoms with Gasteiger partial charge in [0, 0.05) is 18.1 Å². The Kier molecular flexibility index (Phi) is 3.60. The molecule has 0 spiro atoms. The Morgan fingerprint density at radius 1 is 1.31 bits per heavy atom. The molecule has 2 aliphatic carbocycles. The van der Waals surface area contributed by atoms with E-state index in [-0.39, 0.29) is 0 Å². The van der Waals surface area contributed by atoms with Gasteiger partial charge in [0.2, 0.25) is 0 Å². The monoisotopic (exact) mass is 224 g/mol. The molecule has 0 atom stereocenters. The van der Waals surface area contributed by atoms with Crippen LogP contribution in [0, 0.1) is 11.8 Å². The Labute approximate surface area is 101 Å². The van der Waals surface area contributed by atoms with Crippen LogP contribution in [0.15, 0.2) is 0 Å².